The predicted octanol–water partition coefficient (Wildman–Crippen LogP) is 1.13. The first-order chi connectivity index (χ1) is 3.77. The van der Waals surface area contributed by atoms with E-state index in [1.165, 1.54) is 0 Å². The Morgan fingerprint density at radius 1 is 1.88 bits per heavy atom. The summed E-state index contributed by atoms with van der Waals surface area (Å²) in [5.74, 6) is 0. The van der Waals surface area contributed by atoms with Gasteiger partial charge < -0.3 is 9.84 Å². The van der Waals surface area contributed by atoms with E-state index in [9.17, 15) is 4.79 Å². The second-order valence-electron chi connectivity index (χ2n) is 0.823. The molecule has 0 saturated carbocycles. The number of hydrogen-bond donors (Lipinski definition) is 1. The van der Waals surface area contributed by atoms with Gasteiger partial charge in [0.1, 0.15) is 6.26 Å². The van der Waals surface area contributed by atoms with Crippen LogP contribution in [0, 0.1) is 0 Å². The Morgan fingerprint density at radius 2 is 2.50 bits per heavy atom. The molecule has 42 valence electrons. The molecule has 0 heterocycles. The minimum absolute atomic E-state index is 0.856. The summed E-state index contributed by atoms with van der Waals surface area (Å²) in [5, 5.41) is 7.80. The van der Waals surface area contributed by atoms with Crippen LogP contribution in [-0.4, -0.2) is 11.3 Å². The van der Waals surface area contributed by atoms with Gasteiger partial charge in [0.25, 0.3) is 0 Å². The molecular formula is C5H4O3. The van der Waals surface area contributed by atoms with E-state index in [0.29, 0.717) is 0 Å². The maximum absolute atomic E-state index is 9.53. The van der Waals surface area contributed by atoms with E-state index >= 15 is 0 Å². The van der Waals surface area contributed by atoms with Gasteiger partial charge in [-0.2, -0.15) is 0 Å². The van der Waals surface area contributed by atoms with Crippen LogP contribution < -0.4 is 0 Å². The zero-order valence-electron chi connectivity index (χ0n) is 4.05. The summed E-state index contributed by atoms with van der Waals surface area (Å²) in [6, 6.07) is 0. The summed E-state index contributed by atoms with van der Waals surface area (Å²) in [4.78, 5) is 9.53. The highest BCUT2D eigenvalue weighted by Crippen LogP contribution is 1.72. The molecule has 3 heteroatoms. The van der Waals surface area contributed by atoms with Crippen LogP contribution in [0.25, 0.3) is 0 Å². The fourth-order valence-electron chi connectivity index (χ4n) is 0.122. The first-order valence-corrected chi connectivity index (χ1v) is 1.76. The van der Waals surface area contributed by atoms with Crippen LogP contribution in [0.15, 0.2) is 24.3 Å². The Bertz CT molecular complexity index is 159. The lowest BCUT2D eigenvalue weighted by Crippen LogP contribution is -1.90. The quantitative estimate of drug-likeness (QED) is 0.314. The van der Waals surface area contributed by atoms with Gasteiger partial charge in [0.2, 0.25) is 0 Å². The minimum Gasteiger partial charge on any atom is -0.449 e. The maximum Gasteiger partial charge on any atom is 0.511 e. The average Bonchev–Trinajstić information content (AvgIpc) is 1.66. The molecule has 0 spiro atoms. The van der Waals surface area contributed by atoms with E-state index in [2.05, 4.69) is 22.8 Å². The first kappa shape index (κ1) is 6.57. The van der Waals surface area contributed by atoms with Crippen molar-refractivity contribution in [3.8, 4) is 0 Å². The molecule has 0 fully saturated rings. The largest absolute Gasteiger partial charge is 0.511 e. The van der Waals surface area contributed by atoms with Gasteiger partial charge in [0, 0.05) is 0 Å². The minimum atomic E-state index is -1.37. The summed E-state index contributed by atoms with van der Waals surface area (Å²) in [6.07, 6.45) is -0.511. The van der Waals surface area contributed by atoms with Crippen LogP contribution in [0.2, 0.25) is 0 Å². The summed E-state index contributed by atoms with van der Waals surface area (Å²) in [7, 11) is 0. The van der Waals surface area contributed by atoms with Crippen LogP contribution in [0.3, 0.4) is 0 Å². The lowest BCUT2D eigenvalue weighted by Gasteiger charge is -1.80. The molecule has 0 aliphatic rings. The number of carbonyl (C=O) groups is 1. The normalized spacial score (nSPS) is 6.00. The number of hydrogen-bond acceptors (Lipinski definition) is 2. The molecule has 0 saturated heterocycles. The molecule has 0 aromatic rings. The summed E-state index contributed by atoms with van der Waals surface area (Å²) < 4.78 is 3.86. The molecule has 0 bridgehead atoms. The zero-order chi connectivity index (χ0) is 6.41. The van der Waals surface area contributed by atoms with Crippen LogP contribution in [0.1, 0.15) is 0 Å². The Balaban J connectivity index is 3.61. The Morgan fingerprint density at radius 3 is 2.88 bits per heavy atom. The third kappa shape index (κ3) is 4.57. The van der Waals surface area contributed by atoms with Gasteiger partial charge in [0.15, 0.2) is 0 Å². The highest BCUT2D eigenvalue weighted by molar-refractivity contribution is 5.57. The van der Waals surface area contributed by atoms with Gasteiger partial charge in [-0.15, -0.1) is 0 Å². The fraction of sp³-hybridized carbons (Fsp3) is 0. The summed E-state index contributed by atoms with van der Waals surface area (Å²) in [6.45, 7) is 3.12. The maximum atomic E-state index is 9.53. The van der Waals surface area contributed by atoms with E-state index in [4.69, 9.17) is 5.11 Å². The number of carboxylic acid groups (broad SMARTS) is 1. The van der Waals surface area contributed by atoms with Crippen molar-refractivity contribution in [2.24, 2.45) is 0 Å². The van der Waals surface area contributed by atoms with Crippen LogP contribution >= 0.6 is 0 Å². The molecule has 3 nitrogen and oxygen atoms in total. The molecule has 0 aliphatic heterocycles. The summed E-state index contributed by atoms with van der Waals surface area (Å²) in [5.41, 5.74) is 4.37. The van der Waals surface area contributed by atoms with Gasteiger partial charge >= 0.3 is 6.16 Å². The lowest BCUT2D eigenvalue weighted by molar-refractivity contribution is 0.128. The van der Waals surface area contributed by atoms with Crippen LogP contribution in [-0.2, 0) is 4.74 Å². The summed E-state index contributed by atoms with van der Waals surface area (Å²) >= 11 is 0. The van der Waals surface area contributed by atoms with Crippen molar-refractivity contribution in [2.45, 2.75) is 0 Å². The third-order valence-electron chi connectivity index (χ3n) is 0.321. The molecule has 8 heavy (non-hydrogen) atoms. The monoisotopic (exact) mass is 112 g/mol. The zero-order valence-corrected chi connectivity index (χ0v) is 4.05. The molecule has 0 aromatic heterocycles. The Labute approximate surface area is 46.2 Å². The van der Waals surface area contributed by atoms with Gasteiger partial charge in [0.05, 0.1) is 0 Å². The molecule has 0 rings (SSSR count). The third-order valence-corrected chi connectivity index (χ3v) is 0.321. The molecule has 0 radical (unpaired) electrons. The lowest BCUT2D eigenvalue weighted by atomic mass is 10.8. The average molecular weight is 112 g/mol. The SMILES string of the molecule is C=C=C=COC(=O)O. The Kier molecular flexibility index (Phi) is 3.08. The van der Waals surface area contributed by atoms with Crippen molar-refractivity contribution in [2.75, 3.05) is 0 Å². The second kappa shape index (κ2) is 3.75. The van der Waals surface area contributed by atoms with Crippen molar-refractivity contribution in [3.63, 3.8) is 0 Å². The van der Waals surface area contributed by atoms with Crippen LogP contribution in [0.5, 0.6) is 0 Å². The van der Waals surface area contributed by atoms with Crippen molar-refractivity contribution < 1.29 is 14.6 Å². The predicted molar refractivity (Wildman–Crippen MR) is 26.3 cm³/mol. The van der Waals surface area contributed by atoms with Gasteiger partial charge in [-0.3, -0.25) is 0 Å². The molecule has 0 aliphatic carbocycles. The van der Waals surface area contributed by atoms with Gasteiger partial charge in [-0.05, 0) is 12.3 Å². The highest BCUT2D eigenvalue weighted by Gasteiger charge is 1.85. The van der Waals surface area contributed by atoms with Gasteiger partial charge in [-0.1, -0.05) is 5.73 Å². The molecule has 0 amide bonds. The van der Waals surface area contributed by atoms with E-state index < -0.39 is 6.16 Å². The highest BCUT2D eigenvalue weighted by atomic mass is 16.7. The van der Waals surface area contributed by atoms with Crippen LogP contribution in [0.4, 0.5) is 4.79 Å². The molecule has 0 atom stereocenters. The van der Waals surface area contributed by atoms with E-state index in [0.717, 1.165) is 6.26 Å². The van der Waals surface area contributed by atoms with Gasteiger partial charge in [-0.25, -0.2) is 4.79 Å². The standard InChI is InChI=1S/C5H4O3/c1-2-3-4-8-5(6)7/h4H,1H2,(H,6,7). The van der Waals surface area contributed by atoms with Crippen molar-refractivity contribution in [1.82, 2.24) is 0 Å². The van der Waals surface area contributed by atoms with Crippen molar-refractivity contribution in [1.29, 1.82) is 0 Å². The van der Waals surface area contributed by atoms with Crippen molar-refractivity contribution >= 4 is 6.16 Å². The molecule has 0 unspecified atom stereocenters. The number of ether oxygens (including phenoxy) is 1. The molecular weight excluding hydrogens is 108 g/mol. The second-order valence-corrected chi connectivity index (χ2v) is 0.823. The first-order valence-electron chi connectivity index (χ1n) is 1.76. The molecule has 0 aromatic carbocycles. The molecule has 1 N–H and O–H groups in total. The van der Waals surface area contributed by atoms with Crippen molar-refractivity contribution in [3.05, 3.63) is 24.3 Å². The van der Waals surface area contributed by atoms with E-state index in [1.54, 1.807) is 0 Å². The smallest absolute Gasteiger partial charge is 0.449 e. The number of rotatable bonds is 1. The Hall–Kier alpha value is -1.43. The fourth-order valence-corrected chi connectivity index (χ4v) is 0.122. The van der Waals surface area contributed by atoms with E-state index in [1.807, 2.05) is 0 Å². The van der Waals surface area contributed by atoms with E-state index in [-0.39, 0.29) is 0 Å². The topological polar surface area (TPSA) is 46.5 Å².